The first-order valence-corrected chi connectivity index (χ1v) is 10.1. The van der Waals surface area contributed by atoms with Crippen molar-refractivity contribution in [1.82, 2.24) is 9.78 Å². The van der Waals surface area contributed by atoms with Crippen molar-refractivity contribution in [2.45, 2.75) is 24.3 Å². The lowest BCUT2D eigenvalue weighted by Crippen LogP contribution is -2.22. The number of carbonyl (C=O) groups excluding carboxylic acids is 1. The summed E-state index contributed by atoms with van der Waals surface area (Å²) in [6, 6.07) is 11.8. The molecule has 1 N–H and O–H groups in total. The van der Waals surface area contributed by atoms with E-state index in [1.165, 1.54) is 4.88 Å². The Morgan fingerprint density at radius 2 is 2.00 bits per heavy atom. The van der Waals surface area contributed by atoms with Crippen LogP contribution in [-0.4, -0.2) is 28.0 Å². The Morgan fingerprint density at radius 3 is 2.65 bits per heavy atom. The fraction of sp³-hybridized carbons (Fsp3) is 0.263. The minimum atomic E-state index is -0.141. The van der Waals surface area contributed by atoms with Crippen LogP contribution in [0.5, 0.6) is 5.75 Å². The first kappa shape index (κ1) is 17.2. The maximum absolute atomic E-state index is 12.6. The maximum atomic E-state index is 12.6. The summed E-state index contributed by atoms with van der Waals surface area (Å²) < 4.78 is 7.06. The molecule has 7 heteroatoms. The van der Waals surface area contributed by atoms with Crippen molar-refractivity contribution in [3.05, 3.63) is 57.9 Å². The third kappa shape index (κ3) is 2.91. The van der Waals surface area contributed by atoms with Crippen LogP contribution >= 0.6 is 23.1 Å². The predicted octanol–water partition coefficient (Wildman–Crippen LogP) is 4.41. The predicted molar refractivity (Wildman–Crippen MR) is 107 cm³/mol. The molecule has 1 amide bonds. The molecule has 0 saturated heterocycles. The number of hydrogen-bond acceptors (Lipinski definition) is 5. The molecule has 0 spiro atoms. The summed E-state index contributed by atoms with van der Waals surface area (Å²) in [5.41, 5.74) is 2.89. The number of anilines is 1. The van der Waals surface area contributed by atoms with E-state index in [0.29, 0.717) is 0 Å². The first-order chi connectivity index (χ1) is 12.6. The van der Waals surface area contributed by atoms with Crippen molar-refractivity contribution in [1.29, 1.82) is 0 Å². The number of carbonyl (C=O) groups is 1. The largest absolute Gasteiger partial charge is 0.497 e. The zero-order chi connectivity index (χ0) is 18.3. The first-order valence-electron chi connectivity index (χ1n) is 8.32. The summed E-state index contributed by atoms with van der Waals surface area (Å²) in [4.78, 5) is 13.8. The van der Waals surface area contributed by atoms with Crippen molar-refractivity contribution in [3.8, 4) is 11.4 Å². The van der Waals surface area contributed by atoms with Crippen LogP contribution in [0.4, 0.5) is 5.82 Å². The molecule has 0 bridgehead atoms. The number of hydrogen-bond donors (Lipinski definition) is 1. The van der Waals surface area contributed by atoms with E-state index in [0.717, 1.165) is 28.5 Å². The molecular weight excluding hydrogens is 366 g/mol. The topological polar surface area (TPSA) is 56.1 Å². The van der Waals surface area contributed by atoms with Gasteiger partial charge < -0.3 is 10.1 Å². The molecule has 0 saturated carbocycles. The lowest BCUT2D eigenvalue weighted by atomic mass is 10.1. The second-order valence-electron chi connectivity index (χ2n) is 6.12. The number of nitrogens with one attached hydrogen (secondary N) is 1. The van der Waals surface area contributed by atoms with Gasteiger partial charge in [0.25, 0.3) is 0 Å². The van der Waals surface area contributed by atoms with E-state index in [4.69, 9.17) is 9.84 Å². The van der Waals surface area contributed by atoms with E-state index < -0.39 is 0 Å². The van der Waals surface area contributed by atoms with Gasteiger partial charge in [0.2, 0.25) is 5.91 Å². The molecule has 2 atom stereocenters. The van der Waals surface area contributed by atoms with Crippen LogP contribution in [0.3, 0.4) is 0 Å². The van der Waals surface area contributed by atoms with Crippen molar-refractivity contribution in [3.63, 3.8) is 0 Å². The third-order valence-electron chi connectivity index (χ3n) is 4.44. The van der Waals surface area contributed by atoms with Gasteiger partial charge >= 0.3 is 0 Å². The highest BCUT2D eigenvalue weighted by atomic mass is 32.2. The van der Waals surface area contributed by atoms with E-state index in [1.807, 2.05) is 48.9 Å². The number of amides is 1. The number of thioether (sulfide) groups is 1. The summed E-state index contributed by atoms with van der Waals surface area (Å²) in [6.07, 6.45) is 0. The summed E-state index contributed by atoms with van der Waals surface area (Å²) in [5, 5.41) is 9.85. The van der Waals surface area contributed by atoms with Crippen LogP contribution in [0.1, 0.15) is 28.3 Å². The standard InChI is InChI=1S/C19H19N3O2S2/c1-11-16-17(15-5-4-10-25-15)26-12(2)19(23)20-18(16)22(21-11)13-6-8-14(24-3)9-7-13/h4-10,12,17H,1-3H3,(H,20,23)/t12-,17-/m0/s1. The van der Waals surface area contributed by atoms with Gasteiger partial charge in [-0.2, -0.15) is 5.10 Å². The number of benzene rings is 1. The quantitative estimate of drug-likeness (QED) is 0.725. The van der Waals surface area contributed by atoms with Gasteiger partial charge in [0.1, 0.15) is 11.6 Å². The van der Waals surface area contributed by atoms with Crippen molar-refractivity contribution < 1.29 is 9.53 Å². The van der Waals surface area contributed by atoms with Crippen molar-refractivity contribution in [2.75, 3.05) is 12.4 Å². The molecule has 0 radical (unpaired) electrons. The Labute approximate surface area is 160 Å². The number of thiophene rings is 1. The van der Waals surface area contributed by atoms with Gasteiger partial charge in [0, 0.05) is 10.4 Å². The molecule has 3 aromatic rings. The van der Waals surface area contributed by atoms with Crippen molar-refractivity contribution in [2.24, 2.45) is 0 Å². The highest BCUT2D eigenvalue weighted by Crippen LogP contribution is 2.47. The van der Waals surface area contributed by atoms with Crippen molar-refractivity contribution >= 4 is 34.8 Å². The summed E-state index contributed by atoms with van der Waals surface area (Å²) in [5.74, 6) is 1.55. The molecule has 0 aliphatic carbocycles. The minimum Gasteiger partial charge on any atom is -0.497 e. The van der Waals surface area contributed by atoms with Gasteiger partial charge in [-0.25, -0.2) is 4.68 Å². The maximum Gasteiger partial charge on any atom is 0.238 e. The van der Waals surface area contributed by atoms with Gasteiger partial charge in [-0.15, -0.1) is 23.1 Å². The fourth-order valence-electron chi connectivity index (χ4n) is 3.09. The molecule has 4 rings (SSSR count). The van der Waals surface area contributed by atoms with Crippen LogP contribution < -0.4 is 10.1 Å². The molecule has 5 nitrogen and oxygen atoms in total. The van der Waals surface area contributed by atoms with E-state index in [-0.39, 0.29) is 16.4 Å². The van der Waals surface area contributed by atoms with Crippen LogP contribution in [0.15, 0.2) is 41.8 Å². The monoisotopic (exact) mass is 385 g/mol. The highest BCUT2D eigenvalue weighted by molar-refractivity contribution is 8.01. The van der Waals surface area contributed by atoms with Crippen LogP contribution in [-0.2, 0) is 4.79 Å². The second-order valence-corrected chi connectivity index (χ2v) is 8.55. The molecule has 1 aliphatic heterocycles. The van der Waals surface area contributed by atoms with Crippen LogP contribution in [0.25, 0.3) is 5.69 Å². The molecule has 3 heterocycles. The third-order valence-corrected chi connectivity index (χ3v) is 6.91. The minimum absolute atomic E-state index is 0.00460. The molecule has 2 aromatic heterocycles. The van der Waals surface area contributed by atoms with Gasteiger partial charge in [0.15, 0.2) is 0 Å². The van der Waals surface area contributed by atoms with E-state index in [2.05, 4.69) is 16.8 Å². The number of rotatable bonds is 3. The Morgan fingerprint density at radius 1 is 1.23 bits per heavy atom. The number of aromatic nitrogens is 2. The van der Waals surface area contributed by atoms with E-state index in [1.54, 1.807) is 30.2 Å². The number of fused-ring (bicyclic) bond motifs is 1. The van der Waals surface area contributed by atoms with Crippen LogP contribution in [0.2, 0.25) is 0 Å². The number of aryl methyl sites for hydroxylation is 1. The molecule has 134 valence electrons. The van der Waals surface area contributed by atoms with E-state index >= 15 is 0 Å². The molecule has 1 aromatic carbocycles. The lowest BCUT2D eigenvalue weighted by Gasteiger charge is -2.15. The normalized spacial score (nSPS) is 19.6. The lowest BCUT2D eigenvalue weighted by molar-refractivity contribution is -0.115. The molecule has 26 heavy (non-hydrogen) atoms. The average Bonchev–Trinajstić information content (AvgIpc) is 3.26. The average molecular weight is 386 g/mol. The highest BCUT2D eigenvalue weighted by Gasteiger charge is 2.34. The second kappa shape index (κ2) is 6.81. The zero-order valence-electron chi connectivity index (χ0n) is 14.7. The molecule has 0 unspecified atom stereocenters. The number of methoxy groups -OCH3 is 1. The van der Waals surface area contributed by atoms with Gasteiger partial charge in [-0.3, -0.25) is 4.79 Å². The summed E-state index contributed by atoms with van der Waals surface area (Å²) in [7, 11) is 1.64. The summed E-state index contributed by atoms with van der Waals surface area (Å²) >= 11 is 3.38. The Kier molecular flexibility index (Phi) is 4.50. The van der Waals surface area contributed by atoms with Gasteiger partial charge in [-0.1, -0.05) is 6.07 Å². The van der Waals surface area contributed by atoms with E-state index in [9.17, 15) is 4.79 Å². The Balaban J connectivity index is 1.87. The van der Waals surface area contributed by atoms with Crippen LogP contribution in [0, 0.1) is 6.92 Å². The van der Waals surface area contributed by atoms with Gasteiger partial charge in [-0.05, 0) is 49.6 Å². The summed E-state index contributed by atoms with van der Waals surface area (Å²) in [6.45, 7) is 3.95. The zero-order valence-corrected chi connectivity index (χ0v) is 16.4. The Bertz CT molecular complexity index is 933. The Hall–Kier alpha value is -2.25. The number of ether oxygens (including phenoxy) is 1. The molecule has 0 fully saturated rings. The molecule has 1 aliphatic rings. The van der Waals surface area contributed by atoms with Gasteiger partial charge in [0.05, 0.1) is 29.0 Å². The SMILES string of the molecule is COc1ccc(-n2nc(C)c3c2NC(=O)[C@H](C)S[C@H]3c2cccs2)cc1. The fourth-order valence-corrected chi connectivity index (χ4v) is 5.35. The molecular formula is C19H19N3O2S2. The smallest absolute Gasteiger partial charge is 0.238 e. The number of nitrogens with zero attached hydrogens (tertiary/aromatic N) is 2.